The molecule has 0 saturated heterocycles. The average Bonchev–Trinajstić information content (AvgIpc) is 3.00. The second-order valence-electron chi connectivity index (χ2n) is 4.84. The van der Waals surface area contributed by atoms with Crippen LogP contribution in [0.3, 0.4) is 0 Å². The maximum Gasteiger partial charge on any atom is 0.223 e. The number of hydrogen-bond donors (Lipinski definition) is 1. The lowest BCUT2D eigenvalue weighted by atomic mass is 10.1. The molecule has 2 rings (SSSR count). The molecule has 1 aromatic carbocycles. The molecule has 1 aliphatic rings. The van der Waals surface area contributed by atoms with Crippen molar-refractivity contribution in [2.24, 2.45) is 11.8 Å². The summed E-state index contributed by atoms with van der Waals surface area (Å²) in [7, 11) is 0. The van der Waals surface area contributed by atoms with Crippen LogP contribution in [0.1, 0.15) is 31.9 Å². The van der Waals surface area contributed by atoms with Gasteiger partial charge in [-0.1, -0.05) is 30.1 Å². The third-order valence-corrected chi connectivity index (χ3v) is 3.93. The van der Waals surface area contributed by atoms with E-state index in [-0.39, 0.29) is 22.9 Å². The zero-order chi connectivity index (χ0) is 13.4. The molecular weight excluding hydrogens is 276 g/mol. The van der Waals surface area contributed by atoms with Crippen molar-refractivity contribution in [2.45, 2.75) is 26.3 Å². The number of amides is 1. The third kappa shape index (κ3) is 2.78. The Hall–Kier alpha value is -0.800. The Kier molecular flexibility index (Phi) is 3.83. The summed E-state index contributed by atoms with van der Waals surface area (Å²) in [6.45, 7) is 3.81. The lowest BCUT2D eigenvalue weighted by molar-refractivity contribution is -0.123. The van der Waals surface area contributed by atoms with E-state index in [1.807, 2.05) is 6.92 Å². The summed E-state index contributed by atoms with van der Waals surface area (Å²) in [4.78, 5) is 11.8. The highest BCUT2D eigenvalue weighted by Crippen LogP contribution is 2.38. The Balaban J connectivity index is 2.11. The summed E-state index contributed by atoms with van der Waals surface area (Å²) in [5, 5.41) is 3.19. The van der Waals surface area contributed by atoms with Crippen molar-refractivity contribution in [3.63, 3.8) is 0 Å². The van der Waals surface area contributed by atoms with Crippen LogP contribution < -0.4 is 5.32 Å². The van der Waals surface area contributed by atoms with E-state index in [2.05, 4.69) is 5.32 Å². The lowest BCUT2D eigenvalue weighted by Crippen LogP contribution is -2.28. The molecule has 98 valence electrons. The van der Waals surface area contributed by atoms with Crippen LogP contribution in [0.2, 0.25) is 10.0 Å². The molecule has 0 bridgehead atoms. The second kappa shape index (κ2) is 5.06. The zero-order valence-corrected chi connectivity index (χ0v) is 11.6. The zero-order valence-electron chi connectivity index (χ0n) is 10.1. The van der Waals surface area contributed by atoms with E-state index < -0.39 is 5.82 Å². The maximum absolute atomic E-state index is 13.4. The number of hydrogen-bond acceptors (Lipinski definition) is 1. The minimum atomic E-state index is -0.531. The van der Waals surface area contributed by atoms with E-state index >= 15 is 0 Å². The van der Waals surface area contributed by atoms with Crippen molar-refractivity contribution in [3.8, 4) is 0 Å². The number of carbonyl (C=O) groups is 1. The molecule has 1 aliphatic carbocycles. The Morgan fingerprint density at radius 2 is 2.06 bits per heavy atom. The van der Waals surface area contributed by atoms with Gasteiger partial charge in [0.05, 0.1) is 11.1 Å². The highest BCUT2D eigenvalue weighted by molar-refractivity contribution is 6.35. The quantitative estimate of drug-likeness (QED) is 0.839. The normalized spacial score (nSPS) is 23.6. The van der Waals surface area contributed by atoms with Crippen molar-refractivity contribution in [1.82, 2.24) is 5.32 Å². The third-order valence-electron chi connectivity index (χ3n) is 3.31. The SMILES string of the molecule is C[C@H](NC(=O)[C@H]1C[C@@H]1C)c1cc(F)c(Cl)cc1Cl. The van der Waals surface area contributed by atoms with Crippen LogP contribution in [0.5, 0.6) is 0 Å². The Morgan fingerprint density at radius 1 is 1.44 bits per heavy atom. The minimum Gasteiger partial charge on any atom is -0.349 e. The first kappa shape index (κ1) is 13.6. The van der Waals surface area contributed by atoms with Gasteiger partial charge in [-0.15, -0.1) is 0 Å². The van der Waals surface area contributed by atoms with Gasteiger partial charge in [0, 0.05) is 10.9 Å². The van der Waals surface area contributed by atoms with E-state index in [0.717, 1.165) is 6.42 Å². The van der Waals surface area contributed by atoms with E-state index in [4.69, 9.17) is 23.2 Å². The van der Waals surface area contributed by atoms with E-state index in [0.29, 0.717) is 16.5 Å². The van der Waals surface area contributed by atoms with Crippen LogP contribution >= 0.6 is 23.2 Å². The number of halogens is 3. The predicted octanol–water partition coefficient (Wildman–Crippen LogP) is 3.97. The number of rotatable bonds is 3. The van der Waals surface area contributed by atoms with Crippen molar-refractivity contribution >= 4 is 29.1 Å². The molecule has 1 amide bonds. The molecule has 0 aromatic heterocycles. The number of benzene rings is 1. The van der Waals surface area contributed by atoms with E-state index in [1.165, 1.54) is 12.1 Å². The molecule has 0 spiro atoms. The van der Waals surface area contributed by atoms with Crippen molar-refractivity contribution in [2.75, 3.05) is 0 Å². The van der Waals surface area contributed by atoms with Crippen LogP contribution in [0.25, 0.3) is 0 Å². The first-order valence-corrected chi connectivity index (χ1v) is 6.60. The highest BCUT2D eigenvalue weighted by Gasteiger charge is 2.39. The minimum absolute atomic E-state index is 0.00132. The Bertz CT molecular complexity index is 492. The van der Waals surface area contributed by atoms with Crippen molar-refractivity contribution < 1.29 is 9.18 Å². The molecule has 0 radical (unpaired) electrons. The summed E-state index contributed by atoms with van der Waals surface area (Å²) in [5.41, 5.74) is 0.542. The summed E-state index contributed by atoms with van der Waals surface area (Å²) in [6, 6.07) is 2.30. The van der Waals surface area contributed by atoms with E-state index in [1.54, 1.807) is 6.92 Å². The standard InChI is InChI=1S/C13H14Cl2FNO/c1-6-3-8(6)13(18)17-7(2)9-4-12(16)11(15)5-10(9)14/h4-8H,3H2,1-2H3,(H,17,18)/t6-,7-,8-/m0/s1. The fourth-order valence-corrected chi connectivity index (χ4v) is 2.50. The first-order chi connectivity index (χ1) is 8.40. The molecule has 5 heteroatoms. The maximum atomic E-state index is 13.4. The second-order valence-corrected chi connectivity index (χ2v) is 5.65. The van der Waals surface area contributed by atoms with Gasteiger partial charge in [0.15, 0.2) is 0 Å². The Morgan fingerprint density at radius 3 is 2.61 bits per heavy atom. The van der Waals surface area contributed by atoms with Gasteiger partial charge >= 0.3 is 0 Å². The van der Waals surface area contributed by atoms with Gasteiger partial charge in [-0.25, -0.2) is 4.39 Å². The average molecular weight is 290 g/mol. The molecular formula is C13H14Cl2FNO. The molecule has 18 heavy (non-hydrogen) atoms. The van der Waals surface area contributed by atoms with Crippen LogP contribution in [-0.4, -0.2) is 5.91 Å². The van der Waals surface area contributed by atoms with Crippen LogP contribution in [0, 0.1) is 17.7 Å². The van der Waals surface area contributed by atoms with Gasteiger partial charge < -0.3 is 5.32 Å². The summed E-state index contributed by atoms with van der Waals surface area (Å²) in [6.07, 6.45) is 0.918. The highest BCUT2D eigenvalue weighted by atomic mass is 35.5. The van der Waals surface area contributed by atoms with Crippen molar-refractivity contribution in [3.05, 3.63) is 33.6 Å². The van der Waals surface area contributed by atoms with Gasteiger partial charge in [-0.2, -0.15) is 0 Å². The molecule has 1 fully saturated rings. The van der Waals surface area contributed by atoms with Crippen molar-refractivity contribution in [1.29, 1.82) is 0 Å². The summed E-state index contributed by atoms with van der Waals surface area (Å²) < 4.78 is 13.4. The monoisotopic (exact) mass is 289 g/mol. The fraction of sp³-hybridized carbons (Fsp3) is 0.462. The molecule has 1 saturated carbocycles. The predicted molar refractivity (Wildman–Crippen MR) is 70.2 cm³/mol. The fourth-order valence-electron chi connectivity index (χ4n) is 1.96. The van der Waals surface area contributed by atoms with Crippen LogP contribution in [0.15, 0.2) is 12.1 Å². The van der Waals surface area contributed by atoms with Gasteiger partial charge in [0.25, 0.3) is 0 Å². The molecule has 1 aromatic rings. The van der Waals surface area contributed by atoms with Gasteiger partial charge in [-0.3, -0.25) is 4.79 Å². The number of carbonyl (C=O) groups excluding carboxylic acids is 1. The smallest absolute Gasteiger partial charge is 0.223 e. The molecule has 0 heterocycles. The summed E-state index contributed by atoms with van der Waals surface area (Å²) in [5.74, 6) is -0.00335. The first-order valence-electron chi connectivity index (χ1n) is 5.85. The van der Waals surface area contributed by atoms with Gasteiger partial charge in [0.2, 0.25) is 5.91 Å². The lowest BCUT2D eigenvalue weighted by Gasteiger charge is -2.16. The molecule has 3 atom stereocenters. The largest absolute Gasteiger partial charge is 0.349 e. The Labute approximate surface area is 115 Å². The molecule has 0 unspecified atom stereocenters. The topological polar surface area (TPSA) is 29.1 Å². The van der Waals surface area contributed by atoms with Gasteiger partial charge in [-0.05, 0) is 37.0 Å². The summed E-state index contributed by atoms with van der Waals surface area (Å²) >= 11 is 11.6. The molecule has 2 nitrogen and oxygen atoms in total. The van der Waals surface area contributed by atoms with E-state index in [9.17, 15) is 9.18 Å². The number of nitrogens with one attached hydrogen (secondary N) is 1. The van der Waals surface area contributed by atoms with Gasteiger partial charge in [0.1, 0.15) is 5.82 Å². The van der Waals surface area contributed by atoms with Crippen LogP contribution in [0.4, 0.5) is 4.39 Å². The molecule has 1 N–H and O–H groups in total. The molecule has 0 aliphatic heterocycles. The van der Waals surface area contributed by atoms with Crippen LogP contribution in [-0.2, 0) is 4.79 Å².